The summed E-state index contributed by atoms with van der Waals surface area (Å²) in [5.74, 6) is -0.295. The highest BCUT2D eigenvalue weighted by Crippen LogP contribution is 2.16. The first kappa shape index (κ1) is 12.2. The number of nitrogens with zero attached hydrogens (tertiary/aromatic N) is 2. The van der Waals surface area contributed by atoms with E-state index in [0.29, 0.717) is 5.69 Å². The molecule has 0 aliphatic rings. The van der Waals surface area contributed by atoms with Crippen LogP contribution in [0.4, 0.5) is 11.4 Å². The molecule has 0 aliphatic heterocycles. The first-order chi connectivity index (χ1) is 8.47. The lowest BCUT2D eigenvalue weighted by Crippen LogP contribution is -2.14. The maximum Gasteiger partial charge on any atom is 0.278 e. The van der Waals surface area contributed by atoms with Crippen molar-refractivity contribution in [2.45, 2.75) is 13.8 Å². The summed E-state index contributed by atoms with van der Waals surface area (Å²) in [6.45, 7) is 4.03. The molecule has 18 heavy (non-hydrogen) atoms. The van der Waals surface area contributed by atoms with Crippen LogP contribution in [-0.2, 0) is 7.05 Å². The molecule has 0 atom stereocenters. The monoisotopic (exact) mass is 244 g/mol. The van der Waals surface area contributed by atoms with Crippen LogP contribution in [0.25, 0.3) is 0 Å². The van der Waals surface area contributed by atoms with Crippen LogP contribution < -0.4 is 11.1 Å². The molecule has 94 valence electrons. The molecule has 0 aliphatic carbocycles. The zero-order chi connectivity index (χ0) is 13.3. The molecule has 5 heteroatoms. The van der Waals surface area contributed by atoms with Gasteiger partial charge in [-0.3, -0.25) is 9.48 Å². The first-order valence-corrected chi connectivity index (χ1v) is 5.65. The number of anilines is 2. The molecule has 0 radical (unpaired) electrons. The van der Waals surface area contributed by atoms with Crippen molar-refractivity contribution in [3.05, 3.63) is 41.2 Å². The van der Waals surface area contributed by atoms with E-state index in [-0.39, 0.29) is 11.6 Å². The van der Waals surface area contributed by atoms with Gasteiger partial charge in [-0.15, -0.1) is 0 Å². The fraction of sp³-hybridized carbons (Fsp3) is 0.231. The summed E-state index contributed by atoms with van der Waals surface area (Å²) in [7, 11) is 1.73. The highest BCUT2D eigenvalue weighted by Gasteiger charge is 2.14. The van der Waals surface area contributed by atoms with Crippen LogP contribution in [0.15, 0.2) is 24.4 Å². The number of rotatable bonds is 2. The van der Waals surface area contributed by atoms with E-state index in [1.807, 2.05) is 32.0 Å². The van der Waals surface area contributed by atoms with Gasteiger partial charge < -0.3 is 11.1 Å². The standard InChI is InChI=1S/C13H16N4O/c1-8-4-5-10(6-9(8)2)15-13(18)12-11(14)7-17(3)16-12/h4-7H,14H2,1-3H3,(H,15,18). The number of nitrogen functional groups attached to an aromatic ring is 1. The smallest absolute Gasteiger partial charge is 0.278 e. The van der Waals surface area contributed by atoms with Gasteiger partial charge in [-0.1, -0.05) is 6.07 Å². The number of benzene rings is 1. The van der Waals surface area contributed by atoms with Gasteiger partial charge in [0.25, 0.3) is 5.91 Å². The molecule has 1 aromatic heterocycles. The number of carbonyl (C=O) groups is 1. The van der Waals surface area contributed by atoms with E-state index >= 15 is 0 Å². The molecule has 2 rings (SSSR count). The SMILES string of the molecule is Cc1ccc(NC(=O)c2nn(C)cc2N)cc1C. The summed E-state index contributed by atoms with van der Waals surface area (Å²) in [6.07, 6.45) is 1.61. The van der Waals surface area contributed by atoms with E-state index in [1.165, 1.54) is 10.2 Å². The van der Waals surface area contributed by atoms with Crippen molar-refractivity contribution in [3.63, 3.8) is 0 Å². The normalized spacial score (nSPS) is 10.4. The number of amides is 1. The first-order valence-electron chi connectivity index (χ1n) is 5.65. The quantitative estimate of drug-likeness (QED) is 0.847. The van der Waals surface area contributed by atoms with Gasteiger partial charge in [0.1, 0.15) is 0 Å². The summed E-state index contributed by atoms with van der Waals surface area (Å²) in [5, 5.41) is 6.81. The maximum absolute atomic E-state index is 12.0. The second-order valence-electron chi connectivity index (χ2n) is 4.36. The van der Waals surface area contributed by atoms with E-state index in [4.69, 9.17) is 5.73 Å². The third-order valence-electron chi connectivity index (χ3n) is 2.84. The van der Waals surface area contributed by atoms with Crippen molar-refractivity contribution in [1.82, 2.24) is 9.78 Å². The van der Waals surface area contributed by atoms with Gasteiger partial charge in [-0.2, -0.15) is 5.10 Å². The molecular weight excluding hydrogens is 228 g/mol. The number of aryl methyl sites for hydroxylation is 3. The highest BCUT2D eigenvalue weighted by atomic mass is 16.2. The third-order valence-corrected chi connectivity index (χ3v) is 2.84. The van der Waals surface area contributed by atoms with Gasteiger partial charge in [0, 0.05) is 18.9 Å². The van der Waals surface area contributed by atoms with E-state index < -0.39 is 0 Å². The molecule has 0 spiro atoms. The van der Waals surface area contributed by atoms with E-state index in [1.54, 1.807) is 13.2 Å². The molecule has 0 saturated heterocycles. The van der Waals surface area contributed by atoms with Crippen LogP contribution in [0.2, 0.25) is 0 Å². The van der Waals surface area contributed by atoms with Crippen LogP contribution in [0, 0.1) is 13.8 Å². The molecule has 2 aromatic rings. The fourth-order valence-electron chi connectivity index (χ4n) is 1.69. The van der Waals surface area contributed by atoms with Crippen LogP contribution in [-0.4, -0.2) is 15.7 Å². The Hall–Kier alpha value is -2.30. The summed E-state index contributed by atoms with van der Waals surface area (Å²) in [6, 6.07) is 5.75. The molecular formula is C13H16N4O. The van der Waals surface area contributed by atoms with Gasteiger partial charge >= 0.3 is 0 Å². The fourth-order valence-corrected chi connectivity index (χ4v) is 1.69. The molecule has 1 amide bonds. The average molecular weight is 244 g/mol. The lowest BCUT2D eigenvalue weighted by molar-refractivity contribution is 0.102. The molecule has 1 heterocycles. The summed E-state index contributed by atoms with van der Waals surface area (Å²) < 4.78 is 1.52. The van der Waals surface area contributed by atoms with Crippen LogP contribution in [0.3, 0.4) is 0 Å². The molecule has 1 aromatic carbocycles. The molecule has 0 unspecified atom stereocenters. The van der Waals surface area contributed by atoms with E-state index in [2.05, 4.69) is 10.4 Å². The van der Waals surface area contributed by atoms with Gasteiger partial charge in [-0.25, -0.2) is 0 Å². The number of aromatic nitrogens is 2. The van der Waals surface area contributed by atoms with Crippen LogP contribution in [0.1, 0.15) is 21.6 Å². The number of hydrogen-bond acceptors (Lipinski definition) is 3. The molecule has 5 nitrogen and oxygen atoms in total. The summed E-state index contributed by atoms with van der Waals surface area (Å²) in [4.78, 5) is 12.0. The second kappa shape index (κ2) is 4.52. The van der Waals surface area contributed by atoms with Gasteiger partial charge in [0.15, 0.2) is 5.69 Å². The average Bonchev–Trinajstić information content (AvgIpc) is 2.63. The number of hydrogen-bond donors (Lipinski definition) is 2. The number of nitrogens with two attached hydrogens (primary N) is 1. The number of carbonyl (C=O) groups excluding carboxylic acids is 1. The zero-order valence-corrected chi connectivity index (χ0v) is 10.7. The molecule has 3 N–H and O–H groups in total. The van der Waals surface area contributed by atoms with E-state index in [0.717, 1.165) is 11.3 Å². The lowest BCUT2D eigenvalue weighted by atomic mass is 10.1. The minimum Gasteiger partial charge on any atom is -0.396 e. The Labute approximate surface area is 106 Å². The topological polar surface area (TPSA) is 72.9 Å². The maximum atomic E-state index is 12.0. The van der Waals surface area contributed by atoms with Crippen LogP contribution in [0.5, 0.6) is 0 Å². The minimum atomic E-state index is -0.295. The van der Waals surface area contributed by atoms with Crippen molar-refractivity contribution >= 4 is 17.3 Å². The van der Waals surface area contributed by atoms with Crippen molar-refractivity contribution in [3.8, 4) is 0 Å². The Morgan fingerprint density at radius 3 is 2.61 bits per heavy atom. The van der Waals surface area contributed by atoms with Gasteiger partial charge in [-0.05, 0) is 37.1 Å². The van der Waals surface area contributed by atoms with Crippen molar-refractivity contribution in [1.29, 1.82) is 0 Å². The largest absolute Gasteiger partial charge is 0.396 e. The Bertz CT molecular complexity index is 601. The van der Waals surface area contributed by atoms with E-state index in [9.17, 15) is 4.79 Å². The predicted molar refractivity (Wildman–Crippen MR) is 71.5 cm³/mol. The molecule has 0 bridgehead atoms. The molecule has 0 saturated carbocycles. The Morgan fingerprint density at radius 2 is 2.06 bits per heavy atom. The Balaban J connectivity index is 2.21. The van der Waals surface area contributed by atoms with Gasteiger partial charge in [0.05, 0.1) is 5.69 Å². The predicted octanol–water partition coefficient (Wildman–Crippen LogP) is 1.87. The summed E-state index contributed by atoms with van der Waals surface area (Å²) in [5.41, 5.74) is 9.38. The number of nitrogens with one attached hydrogen (secondary N) is 1. The minimum absolute atomic E-state index is 0.246. The third kappa shape index (κ3) is 2.34. The van der Waals surface area contributed by atoms with Crippen molar-refractivity contribution < 1.29 is 4.79 Å². The lowest BCUT2D eigenvalue weighted by Gasteiger charge is -2.06. The Morgan fingerprint density at radius 1 is 1.33 bits per heavy atom. The zero-order valence-electron chi connectivity index (χ0n) is 10.7. The highest BCUT2D eigenvalue weighted by molar-refractivity contribution is 6.06. The van der Waals surface area contributed by atoms with Gasteiger partial charge in [0.2, 0.25) is 0 Å². The Kier molecular flexibility index (Phi) is 3.06. The van der Waals surface area contributed by atoms with Crippen molar-refractivity contribution in [2.75, 3.05) is 11.1 Å². The summed E-state index contributed by atoms with van der Waals surface area (Å²) >= 11 is 0. The van der Waals surface area contributed by atoms with Crippen molar-refractivity contribution in [2.24, 2.45) is 7.05 Å². The van der Waals surface area contributed by atoms with Crippen LogP contribution >= 0.6 is 0 Å². The second-order valence-corrected chi connectivity index (χ2v) is 4.36. The molecule has 0 fully saturated rings.